The van der Waals surface area contributed by atoms with Crippen LogP contribution in [-0.2, 0) is 21.2 Å². The molecule has 0 aliphatic heterocycles. The first-order valence-electron chi connectivity index (χ1n) is 4.88. The van der Waals surface area contributed by atoms with Crippen LogP contribution in [0.3, 0.4) is 0 Å². The predicted octanol–water partition coefficient (Wildman–Crippen LogP) is 1.93. The van der Waals surface area contributed by atoms with Crippen molar-refractivity contribution in [3.63, 3.8) is 0 Å². The van der Waals surface area contributed by atoms with Crippen molar-refractivity contribution in [3.8, 4) is 0 Å². The van der Waals surface area contributed by atoms with Gasteiger partial charge in [0.05, 0.1) is 15.5 Å². The summed E-state index contributed by atoms with van der Waals surface area (Å²) in [4.78, 5) is 3.53. The van der Waals surface area contributed by atoms with Crippen LogP contribution < -0.4 is 0 Å². The van der Waals surface area contributed by atoms with Gasteiger partial charge in [0.25, 0.3) is 10.1 Å². The SMILES string of the molecule is CC(C)=Nc1cc(S(=O)(=O)O)cc(S(=O)O)c1C. The van der Waals surface area contributed by atoms with Crippen molar-refractivity contribution in [1.82, 2.24) is 0 Å². The summed E-state index contributed by atoms with van der Waals surface area (Å²) in [6, 6.07) is 2.12. The highest BCUT2D eigenvalue weighted by Gasteiger charge is 2.17. The van der Waals surface area contributed by atoms with Crippen molar-refractivity contribution in [2.75, 3.05) is 0 Å². The van der Waals surface area contributed by atoms with Crippen LogP contribution in [0.25, 0.3) is 0 Å². The molecule has 6 nitrogen and oxygen atoms in total. The summed E-state index contributed by atoms with van der Waals surface area (Å²) < 4.78 is 51.4. The zero-order valence-corrected chi connectivity index (χ0v) is 11.7. The largest absolute Gasteiger partial charge is 0.302 e. The maximum atomic E-state index is 11.1. The van der Waals surface area contributed by atoms with Crippen molar-refractivity contribution in [3.05, 3.63) is 17.7 Å². The van der Waals surface area contributed by atoms with Crippen LogP contribution in [0.5, 0.6) is 0 Å². The molecule has 1 rings (SSSR count). The third-order valence-electron chi connectivity index (χ3n) is 2.14. The van der Waals surface area contributed by atoms with Crippen molar-refractivity contribution >= 4 is 32.6 Å². The van der Waals surface area contributed by atoms with Gasteiger partial charge < -0.3 is 4.55 Å². The minimum atomic E-state index is -4.45. The van der Waals surface area contributed by atoms with E-state index in [2.05, 4.69) is 4.99 Å². The molecule has 0 spiro atoms. The number of rotatable bonds is 3. The Labute approximate surface area is 108 Å². The third-order valence-corrected chi connectivity index (χ3v) is 3.77. The van der Waals surface area contributed by atoms with E-state index in [0.29, 0.717) is 11.3 Å². The van der Waals surface area contributed by atoms with E-state index >= 15 is 0 Å². The Morgan fingerprint density at radius 3 is 2.28 bits per heavy atom. The molecule has 0 aliphatic rings. The molecule has 0 aromatic heterocycles. The van der Waals surface area contributed by atoms with Crippen molar-refractivity contribution in [1.29, 1.82) is 0 Å². The average Bonchev–Trinajstić information content (AvgIpc) is 2.18. The second-order valence-electron chi connectivity index (χ2n) is 3.85. The normalized spacial score (nSPS) is 13.2. The summed E-state index contributed by atoms with van der Waals surface area (Å²) in [7, 11) is -4.45. The fourth-order valence-corrected chi connectivity index (χ4v) is 2.53. The molecular formula is C10H13NO5S2. The van der Waals surface area contributed by atoms with Crippen molar-refractivity contribution in [2.45, 2.75) is 30.6 Å². The fourth-order valence-electron chi connectivity index (χ4n) is 1.34. The van der Waals surface area contributed by atoms with Crippen LogP contribution in [-0.4, -0.2) is 27.4 Å². The van der Waals surface area contributed by atoms with Gasteiger partial charge in [-0.25, -0.2) is 4.21 Å². The Bertz CT molecular complexity index is 630. The van der Waals surface area contributed by atoms with E-state index in [4.69, 9.17) is 9.11 Å². The van der Waals surface area contributed by atoms with E-state index in [1.165, 1.54) is 0 Å². The van der Waals surface area contributed by atoms with Crippen LogP contribution >= 0.6 is 0 Å². The van der Waals surface area contributed by atoms with Crippen LogP contribution in [0, 0.1) is 6.92 Å². The number of hydrogen-bond acceptors (Lipinski definition) is 4. The maximum Gasteiger partial charge on any atom is 0.294 e. The Morgan fingerprint density at radius 1 is 1.33 bits per heavy atom. The van der Waals surface area contributed by atoms with E-state index < -0.39 is 26.1 Å². The molecular weight excluding hydrogens is 278 g/mol. The van der Waals surface area contributed by atoms with E-state index in [0.717, 1.165) is 12.1 Å². The van der Waals surface area contributed by atoms with Gasteiger partial charge in [-0.15, -0.1) is 0 Å². The van der Waals surface area contributed by atoms with Gasteiger partial charge in [0.2, 0.25) is 0 Å². The third kappa shape index (κ3) is 3.45. The summed E-state index contributed by atoms with van der Waals surface area (Å²) in [6.45, 7) is 4.96. The lowest BCUT2D eigenvalue weighted by molar-refractivity contribution is 0.483. The molecule has 100 valence electrons. The zero-order chi connectivity index (χ0) is 14.1. The standard InChI is InChI=1S/C10H13NO5S2/c1-6(2)11-9-4-8(18(14,15)16)5-10(7(9)3)17(12)13/h4-5H,1-3H3,(H,12,13)(H,14,15,16). The molecule has 1 aromatic rings. The number of benzene rings is 1. The van der Waals surface area contributed by atoms with Crippen LogP contribution in [0.2, 0.25) is 0 Å². The van der Waals surface area contributed by atoms with E-state index in [1.54, 1.807) is 20.8 Å². The molecule has 0 bridgehead atoms. The van der Waals surface area contributed by atoms with Gasteiger partial charge in [0.1, 0.15) is 0 Å². The molecule has 0 saturated carbocycles. The molecule has 0 radical (unpaired) electrons. The Hall–Kier alpha value is -1.09. The quantitative estimate of drug-likeness (QED) is 0.503. The topological polar surface area (TPSA) is 104 Å². The van der Waals surface area contributed by atoms with E-state index in [1.807, 2.05) is 0 Å². The molecule has 0 saturated heterocycles. The summed E-state index contributed by atoms with van der Waals surface area (Å²) in [5, 5.41) is 0. The number of aliphatic imine (C=N–C) groups is 1. The summed E-state index contributed by atoms with van der Waals surface area (Å²) in [6.07, 6.45) is 0. The Kier molecular flexibility index (Phi) is 4.38. The van der Waals surface area contributed by atoms with Crippen molar-refractivity contribution < 1.29 is 21.7 Å². The first-order chi connectivity index (χ1) is 8.12. The summed E-state index contributed by atoms with van der Waals surface area (Å²) >= 11 is -2.36. The van der Waals surface area contributed by atoms with Crippen LogP contribution in [0.1, 0.15) is 19.4 Å². The second kappa shape index (κ2) is 5.27. The maximum absolute atomic E-state index is 11.1. The molecule has 0 aliphatic carbocycles. The first-order valence-corrected chi connectivity index (χ1v) is 7.42. The van der Waals surface area contributed by atoms with Gasteiger partial charge in [-0.2, -0.15) is 8.42 Å². The molecule has 0 amide bonds. The van der Waals surface area contributed by atoms with Gasteiger partial charge in [-0.1, -0.05) is 0 Å². The lowest BCUT2D eigenvalue weighted by Crippen LogP contribution is -2.02. The van der Waals surface area contributed by atoms with Gasteiger partial charge >= 0.3 is 0 Å². The Morgan fingerprint density at radius 2 is 1.89 bits per heavy atom. The fraction of sp³-hybridized carbons (Fsp3) is 0.300. The van der Waals surface area contributed by atoms with E-state index in [-0.39, 0.29) is 10.6 Å². The first kappa shape index (κ1) is 15.0. The molecule has 1 unspecified atom stereocenters. The summed E-state index contributed by atoms with van der Waals surface area (Å²) in [5.41, 5.74) is 1.28. The molecule has 0 heterocycles. The Balaban J connectivity index is 3.68. The molecule has 2 N–H and O–H groups in total. The highest BCUT2D eigenvalue weighted by Crippen LogP contribution is 2.28. The highest BCUT2D eigenvalue weighted by atomic mass is 32.2. The molecule has 1 aromatic carbocycles. The van der Waals surface area contributed by atoms with Crippen LogP contribution in [0.15, 0.2) is 26.9 Å². The van der Waals surface area contributed by atoms with Gasteiger partial charge in [-0.05, 0) is 38.5 Å². The molecule has 8 heteroatoms. The zero-order valence-electron chi connectivity index (χ0n) is 10.0. The van der Waals surface area contributed by atoms with Crippen LogP contribution in [0.4, 0.5) is 5.69 Å². The van der Waals surface area contributed by atoms with E-state index in [9.17, 15) is 12.6 Å². The molecule has 1 atom stereocenters. The second-order valence-corrected chi connectivity index (χ2v) is 6.21. The molecule has 18 heavy (non-hydrogen) atoms. The van der Waals surface area contributed by atoms with Gasteiger partial charge in [-0.3, -0.25) is 9.55 Å². The smallest absolute Gasteiger partial charge is 0.294 e. The van der Waals surface area contributed by atoms with Crippen molar-refractivity contribution in [2.24, 2.45) is 4.99 Å². The van der Waals surface area contributed by atoms with Gasteiger partial charge in [0, 0.05) is 5.71 Å². The van der Waals surface area contributed by atoms with Gasteiger partial charge in [0.15, 0.2) is 11.1 Å². The average molecular weight is 291 g/mol. The predicted molar refractivity (Wildman–Crippen MR) is 68.5 cm³/mol. The monoisotopic (exact) mass is 291 g/mol. The number of nitrogens with zero attached hydrogens (tertiary/aromatic N) is 1. The minimum Gasteiger partial charge on any atom is -0.302 e. The summed E-state index contributed by atoms with van der Waals surface area (Å²) in [5.74, 6) is 0. The lowest BCUT2D eigenvalue weighted by atomic mass is 10.2. The number of hydrogen-bond donors (Lipinski definition) is 2. The minimum absolute atomic E-state index is 0.0925. The highest BCUT2D eigenvalue weighted by molar-refractivity contribution is 7.86. The molecule has 0 fully saturated rings. The lowest BCUT2D eigenvalue weighted by Gasteiger charge is -2.08.